The Balaban J connectivity index is 2.71. The zero-order chi connectivity index (χ0) is 6.97. The van der Waals surface area contributed by atoms with Gasteiger partial charge in [0.15, 0.2) is 0 Å². The zero-order valence-electron chi connectivity index (χ0n) is 5.09. The zero-order valence-corrected chi connectivity index (χ0v) is 5.09. The Morgan fingerprint density at radius 1 is 1.50 bits per heavy atom. The van der Waals surface area contributed by atoms with Crippen LogP contribution in [-0.4, -0.2) is 5.16 Å². The Labute approximate surface area is 56.7 Å². The lowest BCUT2D eigenvalue weighted by Gasteiger charge is -1.79. The summed E-state index contributed by atoms with van der Waals surface area (Å²) in [6.45, 7) is 0. The first kappa shape index (κ1) is 5.22. The van der Waals surface area contributed by atoms with Gasteiger partial charge in [0.05, 0.1) is 11.3 Å². The van der Waals surface area contributed by atoms with Crippen molar-refractivity contribution < 1.29 is 4.52 Å². The minimum atomic E-state index is 0.333. The van der Waals surface area contributed by atoms with E-state index in [9.17, 15) is 0 Å². The molecule has 0 fully saturated rings. The van der Waals surface area contributed by atoms with Crippen molar-refractivity contribution in [3.63, 3.8) is 0 Å². The predicted molar refractivity (Wildman–Crippen MR) is 34.5 cm³/mol. The van der Waals surface area contributed by atoms with Crippen molar-refractivity contribution >= 4 is 5.88 Å². The van der Waals surface area contributed by atoms with Crippen molar-refractivity contribution in [2.24, 2.45) is 5.11 Å². The van der Waals surface area contributed by atoms with Crippen LogP contribution in [0.25, 0.3) is 11.3 Å². The topological polar surface area (TPSA) is 65.1 Å². The minimum Gasteiger partial charge on any atom is -0.359 e. The summed E-state index contributed by atoms with van der Waals surface area (Å²) < 4.78 is 4.83. The first-order valence-electron chi connectivity index (χ1n) is 2.85. The van der Waals surface area contributed by atoms with Crippen LogP contribution in [0.4, 0.5) is 5.88 Å². The number of nitrogens with one attached hydrogen (secondary N) is 2. The molecule has 0 spiro atoms. The molecule has 4 heteroatoms. The van der Waals surface area contributed by atoms with Crippen molar-refractivity contribution in [2.75, 3.05) is 0 Å². The van der Waals surface area contributed by atoms with Crippen LogP contribution in [0.1, 0.15) is 0 Å². The fraction of sp³-hybridized carbons (Fsp3) is 0. The third-order valence-electron chi connectivity index (χ3n) is 1.41. The maximum atomic E-state index is 6.69. The average Bonchev–Trinajstić information content (AvgIpc) is 2.44. The molecule has 0 atom stereocenters. The van der Waals surface area contributed by atoms with Crippen LogP contribution in [0.3, 0.4) is 0 Å². The second kappa shape index (κ2) is 1.70. The van der Waals surface area contributed by atoms with Gasteiger partial charge in [0.2, 0.25) is 0 Å². The molecule has 0 saturated carbocycles. The minimum absolute atomic E-state index is 0.333. The highest BCUT2D eigenvalue weighted by molar-refractivity contribution is 5.71. The molecule has 1 aliphatic carbocycles. The van der Waals surface area contributed by atoms with E-state index >= 15 is 0 Å². The average molecular weight is 135 g/mol. The summed E-state index contributed by atoms with van der Waals surface area (Å²) in [6, 6.07) is 5.60. The first-order valence-corrected chi connectivity index (χ1v) is 2.85. The first-order chi connectivity index (χ1) is 4.92. The molecule has 4 nitrogen and oxygen atoms in total. The van der Waals surface area contributed by atoms with E-state index in [-0.39, 0.29) is 0 Å². The van der Waals surface area contributed by atoms with Gasteiger partial charge in [0, 0.05) is 0 Å². The number of H-pyrrole nitrogens is 1. The standard InChI is InChI=1S/C6H5N3O/c7-8-6-4-2-1-3-5(4)9-10-6/h1-3,7,9H. The lowest BCUT2D eigenvalue weighted by molar-refractivity contribution is 0.431. The molecule has 0 unspecified atom stereocenters. The molecular formula is C6H5N3O. The molecule has 50 valence electrons. The smallest absolute Gasteiger partial charge is 0.273 e. The number of rotatable bonds is 1. The predicted octanol–water partition coefficient (Wildman–Crippen LogP) is 2.37. The molecule has 0 aromatic rings. The van der Waals surface area contributed by atoms with Gasteiger partial charge >= 0.3 is 0 Å². The molecule has 2 aliphatic rings. The Morgan fingerprint density at radius 2 is 2.40 bits per heavy atom. The van der Waals surface area contributed by atoms with Crippen LogP contribution in [0.15, 0.2) is 27.8 Å². The van der Waals surface area contributed by atoms with Crippen molar-refractivity contribution in [1.29, 1.82) is 5.53 Å². The number of fused-ring (bicyclic) bond motifs is 1. The highest BCUT2D eigenvalue weighted by Gasteiger charge is 2.11. The van der Waals surface area contributed by atoms with Gasteiger partial charge in [-0.25, -0.2) is 10.7 Å². The van der Waals surface area contributed by atoms with E-state index in [0.717, 1.165) is 11.3 Å². The van der Waals surface area contributed by atoms with Crippen molar-refractivity contribution in [3.8, 4) is 11.3 Å². The molecule has 0 saturated heterocycles. The molecule has 0 radical (unpaired) electrons. The van der Waals surface area contributed by atoms with Gasteiger partial charge in [0.25, 0.3) is 5.88 Å². The van der Waals surface area contributed by atoms with Gasteiger partial charge in [-0.1, -0.05) is 6.07 Å². The molecule has 0 amide bonds. The Kier molecular flexibility index (Phi) is 0.887. The fourth-order valence-electron chi connectivity index (χ4n) is 0.937. The van der Waals surface area contributed by atoms with E-state index in [2.05, 4.69) is 10.3 Å². The molecule has 1 aliphatic heterocycles. The van der Waals surface area contributed by atoms with E-state index in [1.54, 1.807) is 0 Å². The Morgan fingerprint density at radius 3 is 3.20 bits per heavy atom. The highest BCUT2D eigenvalue weighted by atomic mass is 16.5. The van der Waals surface area contributed by atoms with Gasteiger partial charge in [-0.05, 0) is 12.1 Å². The Hall–Kier alpha value is -1.58. The SMILES string of the molecule is N=Nc1o[nH]c2cccc1-2. The molecule has 0 aromatic carbocycles. The lowest BCUT2D eigenvalue weighted by atomic mass is 10.3. The van der Waals surface area contributed by atoms with Crippen LogP contribution >= 0.6 is 0 Å². The lowest BCUT2D eigenvalue weighted by Crippen LogP contribution is -1.61. The molecule has 2 N–H and O–H groups in total. The maximum absolute atomic E-state index is 6.69. The van der Waals surface area contributed by atoms with Crippen LogP contribution in [-0.2, 0) is 0 Å². The van der Waals surface area contributed by atoms with Crippen molar-refractivity contribution in [2.45, 2.75) is 0 Å². The third kappa shape index (κ3) is 0.500. The van der Waals surface area contributed by atoms with E-state index in [1.807, 2.05) is 18.2 Å². The molecule has 2 rings (SSSR count). The number of aromatic nitrogens is 1. The van der Waals surface area contributed by atoms with Crippen LogP contribution in [0, 0.1) is 5.53 Å². The number of nitrogens with zero attached hydrogens (tertiary/aromatic N) is 1. The molecule has 1 heterocycles. The van der Waals surface area contributed by atoms with Crippen molar-refractivity contribution in [3.05, 3.63) is 18.2 Å². The maximum Gasteiger partial charge on any atom is 0.273 e. The molecule has 10 heavy (non-hydrogen) atoms. The van der Waals surface area contributed by atoms with Gasteiger partial charge in [-0.2, -0.15) is 0 Å². The summed E-state index contributed by atoms with van der Waals surface area (Å²) >= 11 is 0. The van der Waals surface area contributed by atoms with Crippen LogP contribution in [0.2, 0.25) is 0 Å². The number of hydrogen-bond donors (Lipinski definition) is 2. The summed E-state index contributed by atoms with van der Waals surface area (Å²) in [7, 11) is 0. The van der Waals surface area contributed by atoms with Gasteiger partial charge in [0.1, 0.15) is 0 Å². The van der Waals surface area contributed by atoms with Crippen molar-refractivity contribution in [1.82, 2.24) is 5.16 Å². The molecule has 0 bridgehead atoms. The second-order valence-corrected chi connectivity index (χ2v) is 1.97. The number of hydrogen-bond acceptors (Lipinski definition) is 3. The number of aromatic amines is 1. The molecular weight excluding hydrogens is 130 g/mol. The summed E-state index contributed by atoms with van der Waals surface area (Å²) in [4.78, 5) is 0. The van der Waals surface area contributed by atoms with Gasteiger partial charge in [-0.3, -0.25) is 0 Å². The van der Waals surface area contributed by atoms with Crippen LogP contribution < -0.4 is 0 Å². The second-order valence-electron chi connectivity index (χ2n) is 1.97. The van der Waals surface area contributed by atoms with E-state index < -0.39 is 0 Å². The quantitative estimate of drug-likeness (QED) is 0.579. The molecule has 0 aromatic heterocycles. The largest absolute Gasteiger partial charge is 0.359 e. The van der Waals surface area contributed by atoms with E-state index in [4.69, 9.17) is 10.1 Å². The summed E-state index contributed by atoms with van der Waals surface area (Å²) in [5.41, 5.74) is 8.43. The summed E-state index contributed by atoms with van der Waals surface area (Å²) in [5.74, 6) is 0.333. The van der Waals surface area contributed by atoms with Gasteiger partial charge in [-0.15, -0.1) is 5.11 Å². The van der Waals surface area contributed by atoms with E-state index in [1.165, 1.54) is 0 Å². The summed E-state index contributed by atoms with van der Waals surface area (Å²) in [5, 5.41) is 5.81. The highest BCUT2D eigenvalue weighted by Crippen LogP contribution is 2.31. The monoisotopic (exact) mass is 135 g/mol. The normalized spacial score (nSPS) is 10.4. The van der Waals surface area contributed by atoms with E-state index in [0.29, 0.717) is 5.88 Å². The third-order valence-corrected chi connectivity index (χ3v) is 1.41. The van der Waals surface area contributed by atoms with Crippen LogP contribution in [0.5, 0.6) is 0 Å². The van der Waals surface area contributed by atoms with Gasteiger partial charge < -0.3 is 4.52 Å². The fourth-order valence-corrected chi connectivity index (χ4v) is 0.937. The summed E-state index contributed by atoms with van der Waals surface area (Å²) in [6.07, 6.45) is 0. The Bertz CT molecular complexity index is 322.